The van der Waals surface area contributed by atoms with Crippen molar-refractivity contribution in [3.63, 3.8) is 0 Å². The monoisotopic (exact) mass is 479 g/mol. The molecular formula is C27H37N5O3. The van der Waals surface area contributed by atoms with Crippen LogP contribution in [-0.2, 0) is 11.3 Å². The van der Waals surface area contributed by atoms with Gasteiger partial charge >= 0.3 is 6.09 Å². The number of pyridine rings is 1. The topological polar surface area (TPSA) is 69.2 Å². The van der Waals surface area contributed by atoms with Crippen molar-refractivity contribution in [3.05, 3.63) is 59.4 Å². The van der Waals surface area contributed by atoms with Crippen LogP contribution >= 0.6 is 0 Å². The van der Waals surface area contributed by atoms with E-state index in [2.05, 4.69) is 47.0 Å². The molecule has 0 atom stereocenters. The van der Waals surface area contributed by atoms with E-state index < -0.39 is 0 Å². The summed E-state index contributed by atoms with van der Waals surface area (Å²) in [5.41, 5.74) is 4.25. The summed E-state index contributed by atoms with van der Waals surface area (Å²) < 4.78 is 5.06. The minimum Gasteiger partial charge on any atom is -0.450 e. The Kier molecular flexibility index (Phi) is 8.23. The van der Waals surface area contributed by atoms with Gasteiger partial charge in [-0.15, -0.1) is 0 Å². The maximum Gasteiger partial charge on any atom is 0.409 e. The Morgan fingerprint density at radius 1 is 1.00 bits per heavy atom. The van der Waals surface area contributed by atoms with E-state index in [0.717, 1.165) is 43.9 Å². The smallest absolute Gasteiger partial charge is 0.409 e. The lowest BCUT2D eigenvalue weighted by Crippen LogP contribution is -2.50. The lowest BCUT2D eigenvalue weighted by atomic mass is 10.0. The van der Waals surface area contributed by atoms with Gasteiger partial charge in [-0.25, -0.2) is 4.79 Å². The molecule has 0 N–H and O–H groups in total. The highest BCUT2D eigenvalue weighted by molar-refractivity contribution is 5.94. The van der Waals surface area contributed by atoms with E-state index in [1.807, 2.05) is 29.3 Å². The van der Waals surface area contributed by atoms with E-state index in [1.165, 1.54) is 5.56 Å². The van der Waals surface area contributed by atoms with Crippen LogP contribution in [0.1, 0.15) is 41.4 Å². The molecule has 1 aromatic heterocycles. The fourth-order valence-corrected chi connectivity index (χ4v) is 4.92. The third-order valence-electron chi connectivity index (χ3n) is 7.18. The minimum absolute atomic E-state index is 0.0187. The molecule has 2 aliphatic heterocycles. The predicted octanol–water partition coefficient (Wildman–Crippen LogP) is 3.41. The van der Waals surface area contributed by atoms with E-state index in [-0.39, 0.29) is 12.0 Å². The van der Waals surface area contributed by atoms with Crippen LogP contribution in [0.2, 0.25) is 0 Å². The van der Waals surface area contributed by atoms with Gasteiger partial charge in [0, 0.05) is 69.3 Å². The fourth-order valence-electron chi connectivity index (χ4n) is 4.92. The summed E-state index contributed by atoms with van der Waals surface area (Å²) in [5.74, 6) is 0.0187. The first-order valence-electron chi connectivity index (χ1n) is 12.6. The average Bonchev–Trinajstić information content (AvgIpc) is 2.90. The first-order valence-corrected chi connectivity index (χ1v) is 12.6. The van der Waals surface area contributed by atoms with Crippen molar-refractivity contribution < 1.29 is 14.3 Å². The number of piperidine rings is 1. The van der Waals surface area contributed by atoms with Crippen LogP contribution in [0.4, 0.5) is 10.5 Å². The van der Waals surface area contributed by atoms with Crippen molar-refractivity contribution in [2.75, 3.05) is 57.8 Å². The number of benzene rings is 1. The van der Waals surface area contributed by atoms with Gasteiger partial charge in [-0.3, -0.25) is 14.7 Å². The summed E-state index contributed by atoms with van der Waals surface area (Å²) in [6, 6.07) is 12.6. The second-order valence-corrected chi connectivity index (χ2v) is 9.43. The number of rotatable bonds is 6. The first kappa shape index (κ1) is 25.0. The molecule has 0 bridgehead atoms. The summed E-state index contributed by atoms with van der Waals surface area (Å²) in [6.45, 7) is 9.22. The Morgan fingerprint density at radius 3 is 2.29 bits per heavy atom. The molecule has 8 nitrogen and oxygen atoms in total. The van der Waals surface area contributed by atoms with Gasteiger partial charge in [-0.1, -0.05) is 6.07 Å². The lowest BCUT2D eigenvalue weighted by Gasteiger charge is -2.38. The number of hydrogen-bond donors (Lipinski definition) is 0. The Morgan fingerprint density at radius 2 is 1.66 bits per heavy atom. The van der Waals surface area contributed by atoms with Crippen LogP contribution < -0.4 is 4.90 Å². The van der Waals surface area contributed by atoms with Gasteiger partial charge in [0.25, 0.3) is 5.91 Å². The summed E-state index contributed by atoms with van der Waals surface area (Å²) in [6.07, 6.45) is 3.78. The van der Waals surface area contributed by atoms with Crippen molar-refractivity contribution in [2.45, 2.75) is 39.3 Å². The molecule has 1 aromatic carbocycles. The van der Waals surface area contributed by atoms with Crippen LogP contribution in [0.5, 0.6) is 0 Å². The van der Waals surface area contributed by atoms with Crippen molar-refractivity contribution >= 4 is 17.7 Å². The molecule has 35 heavy (non-hydrogen) atoms. The molecule has 2 fully saturated rings. The fraction of sp³-hybridized carbons (Fsp3) is 0.519. The zero-order valence-corrected chi connectivity index (χ0v) is 21.2. The number of piperazine rings is 1. The quantitative estimate of drug-likeness (QED) is 0.633. The third-order valence-corrected chi connectivity index (χ3v) is 7.18. The van der Waals surface area contributed by atoms with Crippen LogP contribution in [0, 0.1) is 6.92 Å². The number of hydrogen-bond acceptors (Lipinski definition) is 6. The highest BCUT2D eigenvalue weighted by atomic mass is 16.6. The number of aryl methyl sites for hydroxylation is 1. The van der Waals surface area contributed by atoms with Gasteiger partial charge in [-0.2, -0.15) is 0 Å². The van der Waals surface area contributed by atoms with E-state index in [0.29, 0.717) is 44.4 Å². The molecule has 8 heteroatoms. The molecule has 2 aliphatic rings. The van der Waals surface area contributed by atoms with Crippen LogP contribution in [0.3, 0.4) is 0 Å². The Bertz CT molecular complexity index is 996. The molecule has 0 saturated carbocycles. The maximum absolute atomic E-state index is 12.9. The van der Waals surface area contributed by atoms with Gasteiger partial charge < -0.3 is 19.4 Å². The van der Waals surface area contributed by atoms with Crippen molar-refractivity contribution in [3.8, 4) is 0 Å². The molecule has 188 valence electrons. The zero-order chi connectivity index (χ0) is 24.8. The summed E-state index contributed by atoms with van der Waals surface area (Å²) in [5, 5.41) is 0. The summed E-state index contributed by atoms with van der Waals surface area (Å²) >= 11 is 0. The molecule has 2 saturated heterocycles. The molecule has 0 aliphatic carbocycles. The molecule has 2 amide bonds. The Balaban J connectivity index is 1.26. The molecule has 4 rings (SSSR count). The largest absolute Gasteiger partial charge is 0.450 e. The van der Waals surface area contributed by atoms with Crippen molar-refractivity contribution in [1.29, 1.82) is 0 Å². The average molecular weight is 480 g/mol. The number of aromatic nitrogens is 1. The SMILES string of the molecule is CCOC(=O)N1CCN(C(=O)c2ccc(N3CCC(N(C)Cc4ncccc4C)CC3)cc2)CC1. The molecular weight excluding hydrogens is 442 g/mol. The molecule has 3 heterocycles. The second-order valence-electron chi connectivity index (χ2n) is 9.43. The number of carbonyl (C=O) groups is 2. The van der Waals surface area contributed by atoms with Gasteiger partial charge in [0.2, 0.25) is 0 Å². The van der Waals surface area contributed by atoms with Crippen molar-refractivity contribution in [1.82, 2.24) is 19.7 Å². The van der Waals surface area contributed by atoms with Crippen molar-refractivity contribution in [2.24, 2.45) is 0 Å². The van der Waals surface area contributed by atoms with Crippen LogP contribution in [-0.4, -0.2) is 90.6 Å². The standard InChI is InChI=1S/C27H37N5O3/c1-4-35-27(34)32-18-16-31(17-19-32)26(33)22-7-9-24(10-8-22)30-14-11-23(12-15-30)29(3)20-25-21(2)6-5-13-28-25/h5-10,13,23H,4,11-12,14-20H2,1-3H3. The van der Waals surface area contributed by atoms with Gasteiger partial charge in [0.15, 0.2) is 0 Å². The maximum atomic E-state index is 12.9. The second kappa shape index (κ2) is 11.5. The zero-order valence-electron chi connectivity index (χ0n) is 21.2. The highest BCUT2D eigenvalue weighted by Gasteiger charge is 2.26. The molecule has 0 unspecified atom stereocenters. The molecule has 0 spiro atoms. The van der Waals surface area contributed by atoms with Crippen LogP contribution in [0.15, 0.2) is 42.6 Å². The van der Waals surface area contributed by atoms with E-state index >= 15 is 0 Å². The van der Waals surface area contributed by atoms with Crippen LogP contribution in [0.25, 0.3) is 0 Å². The number of nitrogens with zero attached hydrogens (tertiary/aromatic N) is 5. The molecule has 2 aromatic rings. The lowest BCUT2D eigenvalue weighted by molar-refractivity contribution is 0.0570. The summed E-state index contributed by atoms with van der Waals surface area (Å²) in [4.78, 5) is 37.7. The number of anilines is 1. The van der Waals surface area contributed by atoms with Gasteiger partial charge in [0.1, 0.15) is 0 Å². The van der Waals surface area contributed by atoms with E-state index in [4.69, 9.17) is 4.74 Å². The number of ether oxygens (including phenoxy) is 1. The Hall–Kier alpha value is -3.13. The Labute approximate surface area is 208 Å². The highest BCUT2D eigenvalue weighted by Crippen LogP contribution is 2.24. The summed E-state index contributed by atoms with van der Waals surface area (Å²) in [7, 11) is 2.20. The van der Waals surface area contributed by atoms with E-state index in [9.17, 15) is 9.59 Å². The number of carbonyl (C=O) groups excluding carboxylic acids is 2. The number of amides is 2. The van der Waals surface area contributed by atoms with Gasteiger partial charge in [0.05, 0.1) is 12.3 Å². The normalized spacial score (nSPS) is 17.1. The van der Waals surface area contributed by atoms with Gasteiger partial charge in [-0.05, 0) is 69.6 Å². The third kappa shape index (κ3) is 6.11. The predicted molar refractivity (Wildman–Crippen MR) is 137 cm³/mol. The first-order chi connectivity index (χ1) is 17.0. The van der Waals surface area contributed by atoms with E-state index in [1.54, 1.807) is 11.8 Å². The minimum atomic E-state index is -0.300. The molecule has 0 radical (unpaired) electrons.